The van der Waals surface area contributed by atoms with Crippen molar-refractivity contribution in [1.29, 1.82) is 0 Å². The molecule has 126 valence electrons. The van der Waals surface area contributed by atoms with Gasteiger partial charge < -0.3 is 24.7 Å². The van der Waals surface area contributed by atoms with Crippen molar-refractivity contribution in [3.8, 4) is 17.2 Å². The molecular weight excluding hydrogens is 315 g/mol. The molecule has 0 atom stereocenters. The lowest BCUT2D eigenvalue weighted by Crippen LogP contribution is -2.47. The largest absolute Gasteiger partial charge is 0.493 e. The highest BCUT2D eigenvalue weighted by Crippen LogP contribution is 2.37. The molecule has 6 heteroatoms. The van der Waals surface area contributed by atoms with Crippen LogP contribution < -0.4 is 30.1 Å². The van der Waals surface area contributed by atoms with E-state index in [4.69, 9.17) is 14.2 Å². The second-order valence-corrected chi connectivity index (χ2v) is 5.89. The summed E-state index contributed by atoms with van der Waals surface area (Å²) in [6.07, 6.45) is 0. The van der Waals surface area contributed by atoms with Crippen molar-refractivity contribution in [2.45, 2.75) is 0 Å². The molecule has 0 saturated carbocycles. The molecule has 2 N–H and O–H groups in total. The van der Waals surface area contributed by atoms with Crippen LogP contribution in [-0.2, 0) is 0 Å². The standard InChI is InChI=1S/C19H19BN2O3/c1-23-16-10-13(11-17(24-2)19(16)25-3)20-21-14-8-4-6-12-7-5-9-15(22-20)18(12)14/h4-11,21-22H,1-3H3. The molecule has 0 radical (unpaired) electrons. The molecule has 0 amide bonds. The van der Waals surface area contributed by atoms with Crippen LogP contribution in [0.1, 0.15) is 0 Å². The smallest absolute Gasteiger partial charge is 0.406 e. The summed E-state index contributed by atoms with van der Waals surface area (Å²) in [4.78, 5) is 0. The maximum Gasteiger partial charge on any atom is 0.406 e. The van der Waals surface area contributed by atoms with E-state index in [-0.39, 0.29) is 6.98 Å². The molecule has 3 aromatic carbocycles. The summed E-state index contributed by atoms with van der Waals surface area (Å²) >= 11 is 0. The van der Waals surface area contributed by atoms with E-state index in [0.29, 0.717) is 17.2 Å². The number of rotatable bonds is 4. The lowest BCUT2D eigenvalue weighted by molar-refractivity contribution is 0.325. The number of hydrogen-bond acceptors (Lipinski definition) is 5. The van der Waals surface area contributed by atoms with E-state index in [0.717, 1.165) is 16.8 Å². The quantitative estimate of drug-likeness (QED) is 0.718. The van der Waals surface area contributed by atoms with E-state index < -0.39 is 0 Å². The topological polar surface area (TPSA) is 51.8 Å². The van der Waals surface area contributed by atoms with Crippen molar-refractivity contribution in [1.82, 2.24) is 0 Å². The highest BCUT2D eigenvalue weighted by atomic mass is 16.5. The zero-order valence-corrected chi connectivity index (χ0v) is 14.4. The summed E-state index contributed by atoms with van der Waals surface area (Å²) in [6.45, 7) is -0.103. The van der Waals surface area contributed by atoms with Crippen molar-refractivity contribution in [2.24, 2.45) is 0 Å². The average molecular weight is 334 g/mol. The summed E-state index contributed by atoms with van der Waals surface area (Å²) in [5, 5.41) is 9.52. The van der Waals surface area contributed by atoms with Crippen molar-refractivity contribution in [2.75, 3.05) is 31.8 Å². The fraction of sp³-hybridized carbons (Fsp3) is 0.158. The van der Waals surface area contributed by atoms with E-state index in [1.54, 1.807) is 21.3 Å². The van der Waals surface area contributed by atoms with Crippen LogP contribution in [-0.4, -0.2) is 28.3 Å². The van der Waals surface area contributed by atoms with Crippen LogP contribution in [0.2, 0.25) is 0 Å². The van der Waals surface area contributed by atoms with Crippen LogP contribution >= 0.6 is 0 Å². The van der Waals surface area contributed by atoms with Gasteiger partial charge in [-0.2, -0.15) is 0 Å². The second-order valence-electron chi connectivity index (χ2n) is 5.89. The maximum absolute atomic E-state index is 5.48. The Labute approximate surface area is 147 Å². The first-order valence-corrected chi connectivity index (χ1v) is 8.10. The van der Waals surface area contributed by atoms with E-state index in [9.17, 15) is 0 Å². The maximum atomic E-state index is 5.48. The SMILES string of the molecule is COc1cc(B2Nc3cccc4cccc(c34)N2)cc(OC)c1OC. The highest BCUT2D eigenvalue weighted by molar-refractivity contribution is 6.80. The number of methoxy groups -OCH3 is 3. The predicted octanol–water partition coefficient (Wildman–Crippen LogP) is 3.10. The zero-order valence-electron chi connectivity index (χ0n) is 14.4. The number of nitrogens with one attached hydrogen (secondary N) is 2. The Bertz CT molecular complexity index is 879. The zero-order chi connectivity index (χ0) is 17.4. The van der Waals surface area contributed by atoms with Gasteiger partial charge in [-0.05, 0) is 35.1 Å². The summed E-state index contributed by atoms with van der Waals surface area (Å²) in [6, 6.07) is 16.5. The summed E-state index contributed by atoms with van der Waals surface area (Å²) < 4.78 is 16.4. The van der Waals surface area contributed by atoms with Crippen LogP contribution in [0.3, 0.4) is 0 Å². The van der Waals surface area contributed by atoms with Gasteiger partial charge in [0, 0.05) is 16.8 Å². The molecule has 3 aromatic rings. The first kappa shape index (κ1) is 15.5. The van der Waals surface area contributed by atoms with Crippen LogP contribution in [0.5, 0.6) is 17.2 Å². The number of hydrogen-bond donors (Lipinski definition) is 2. The third kappa shape index (κ3) is 2.50. The Morgan fingerprint density at radius 2 is 1.32 bits per heavy atom. The minimum atomic E-state index is -0.103. The van der Waals surface area contributed by atoms with E-state index >= 15 is 0 Å². The molecule has 0 aromatic heterocycles. The Kier molecular flexibility index (Phi) is 3.80. The molecule has 25 heavy (non-hydrogen) atoms. The van der Waals surface area contributed by atoms with Crippen LogP contribution in [0, 0.1) is 0 Å². The molecular formula is C19H19BN2O3. The predicted molar refractivity (Wildman–Crippen MR) is 103 cm³/mol. The van der Waals surface area contributed by atoms with Gasteiger partial charge >= 0.3 is 6.98 Å². The summed E-state index contributed by atoms with van der Waals surface area (Å²) in [5.41, 5.74) is 3.21. The molecule has 1 aliphatic heterocycles. The van der Waals surface area contributed by atoms with Gasteiger partial charge in [-0.15, -0.1) is 0 Å². The fourth-order valence-electron chi connectivity index (χ4n) is 3.36. The van der Waals surface area contributed by atoms with Crippen LogP contribution in [0.15, 0.2) is 48.5 Å². The Balaban J connectivity index is 1.79. The minimum Gasteiger partial charge on any atom is -0.493 e. The summed E-state index contributed by atoms with van der Waals surface area (Å²) in [5.74, 6) is 1.86. The second kappa shape index (κ2) is 6.13. The van der Waals surface area contributed by atoms with Crippen molar-refractivity contribution < 1.29 is 14.2 Å². The summed E-state index contributed by atoms with van der Waals surface area (Å²) in [7, 11) is 4.85. The molecule has 1 heterocycles. The normalized spacial score (nSPS) is 12.4. The molecule has 0 aliphatic carbocycles. The monoisotopic (exact) mass is 334 g/mol. The van der Waals surface area contributed by atoms with Gasteiger partial charge in [-0.25, -0.2) is 0 Å². The number of anilines is 2. The van der Waals surface area contributed by atoms with E-state index in [2.05, 4.69) is 46.9 Å². The van der Waals surface area contributed by atoms with Gasteiger partial charge in [-0.1, -0.05) is 24.3 Å². The molecule has 5 nitrogen and oxygen atoms in total. The Morgan fingerprint density at radius 1 is 0.760 bits per heavy atom. The van der Waals surface area contributed by atoms with Crippen LogP contribution in [0.4, 0.5) is 11.4 Å². The third-order valence-electron chi connectivity index (χ3n) is 4.52. The van der Waals surface area contributed by atoms with Crippen molar-refractivity contribution in [3.05, 3.63) is 48.5 Å². The van der Waals surface area contributed by atoms with Gasteiger partial charge in [0.1, 0.15) is 0 Å². The Morgan fingerprint density at radius 3 is 1.80 bits per heavy atom. The molecule has 0 spiro atoms. The van der Waals surface area contributed by atoms with Gasteiger partial charge in [0.2, 0.25) is 5.75 Å². The fourth-order valence-corrected chi connectivity index (χ4v) is 3.36. The van der Waals surface area contributed by atoms with E-state index in [1.807, 2.05) is 12.1 Å². The number of benzene rings is 3. The van der Waals surface area contributed by atoms with Gasteiger partial charge in [0.25, 0.3) is 0 Å². The molecule has 0 unspecified atom stereocenters. The first-order chi connectivity index (χ1) is 12.2. The van der Waals surface area contributed by atoms with Crippen LogP contribution in [0.25, 0.3) is 10.8 Å². The first-order valence-electron chi connectivity index (χ1n) is 8.10. The van der Waals surface area contributed by atoms with Gasteiger partial charge in [0.05, 0.1) is 21.3 Å². The van der Waals surface area contributed by atoms with Crippen molar-refractivity contribution >= 4 is 34.6 Å². The third-order valence-corrected chi connectivity index (χ3v) is 4.52. The molecule has 0 saturated heterocycles. The molecule has 0 fully saturated rings. The van der Waals surface area contributed by atoms with Crippen molar-refractivity contribution in [3.63, 3.8) is 0 Å². The van der Waals surface area contributed by atoms with E-state index in [1.165, 1.54) is 10.8 Å². The van der Waals surface area contributed by atoms with Gasteiger partial charge in [-0.3, -0.25) is 0 Å². The Hall–Kier alpha value is -3.02. The van der Waals surface area contributed by atoms with Gasteiger partial charge in [0.15, 0.2) is 11.5 Å². The molecule has 0 bridgehead atoms. The number of ether oxygens (including phenoxy) is 3. The lowest BCUT2D eigenvalue weighted by atomic mass is 9.66. The average Bonchev–Trinajstić information content (AvgIpc) is 2.67. The molecule has 1 aliphatic rings. The highest BCUT2D eigenvalue weighted by Gasteiger charge is 2.27. The molecule has 4 rings (SSSR count). The lowest BCUT2D eigenvalue weighted by Gasteiger charge is -2.27. The minimum absolute atomic E-state index is 0.103.